The first-order valence-corrected chi connectivity index (χ1v) is 7.81. The van der Waals surface area contributed by atoms with Crippen molar-refractivity contribution in [2.45, 2.75) is 23.9 Å². The zero-order valence-corrected chi connectivity index (χ0v) is 13.2. The van der Waals surface area contributed by atoms with Crippen molar-refractivity contribution in [3.8, 4) is 11.5 Å². The maximum absolute atomic E-state index is 12.2. The lowest BCUT2D eigenvalue weighted by Gasteiger charge is -2.12. The highest BCUT2D eigenvalue weighted by Gasteiger charge is 2.17. The van der Waals surface area contributed by atoms with Crippen LogP contribution in [-0.2, 0) is 18.4 Å². The number of rotatable bonds is 5. The number of nitrogens with zero attached hydrogens (tertiary/aromatic N) is 2. The molecule has 3 rings (SSSR count). The molecule has 1 aliphatic rings. The number of thioether (sulfide) groups is 1. The minimum Gasteiger partial charge on any atom is -0.454 e. The van der Waals surface area contributed by atoms with Crippen molar-refractivity contribution in [1.29, 1.82) is 0 Å². The van der Waals surface area contributed by atoms with Crippen LogP contribution in [0.3, 0.4) is 0 Å². The number of aromatic nitrogens is 2. The number of ether oxygens (including phenoxy) is 2. The standard InChI is InChI=1S/C15H17N3O3S/c1-10(22-15-16-5-6-18(15)2)14(19)17-8-11-3-4-12-13(7-11)21-9-20-12/h3-7,10H,8-9H2,1-2H3,(H,17,19)/t10-/m0/s1. The second kappa shape index (κ2) is 6.31. The fourth-order valence-corrected chi connectivity index (χ4v) is 2.92. The summed E-state index contributed by atoms with van der Waals surface area (Å²) >= 11 is 1.44. The molecule has 0 aliphatic carbocycles. The monoisotopic (exact) mass is 319 g/mol. The van der Waals surface area contributed by atoms with E-state index in [1.54, 1.807) is 6.20 Å². The zero-order valence-electron chi connectivity index (χ0n) is 12.4. The molecule has 1 aromatic carbocycles. The summed E-state index contributed by atoms with van der Waals surface area (Å²) in [7, 11) is 1.91. The fourth-order valence-electron chi connectivity index (χ4n) is 2.06. The van der Waals surface area contributed by atoms with Gasteiger partial charge in [0, 0.05) is 26.0 Å². The normalized spacial score (nSPS) is 13.9. The molecule has 2 aromatic rings. The van der Waals surface area contributed by atoms with Crippen molar-refractivity contribution in [3.63, 3.8) is 0 Å². The van der Waals surface area contributed by atoms with Crippen LogP contribution in [0, 0.1) is 0 Å². The number of aryl methyl sites for hydroxylation is 1. The molecule has 22 heavy (non-hydrogen) atoms. The number of amides is 1. The summed E-state index contributed by atoms with van der Waals surface area (Å²) in [6.45, 7) is 2.58. The highest BCUT2D eigenvalue weighted by atomic mass is 32.2. The molecule has 0 saturated carbocycles. The average molecular weight is 319 g/mol. The Labute approximate surface area is 132 Å². The number of benzene rings is 1. The predicted octanol–water partition coefficient (Wildman–Crippen LogP) is 1.95. The van der Waals surface area contributed by atoms with E-state index in [0.29, 0.717) is 6.54 Å². The minimum absolute atomic E-state index is 0.0225. The molecule has 116 valence electrons. The van der Waals surface area contributed by atoms with Gasteiger partial charge in [-0.15, -0.1) is 0 Å². The average Bonchev–Trinajstić information content (AvgIpc) is 3.13. The van der Waals surface area contributed by atoms with Crippen molar-refractivity contribution in [1.82, 2.24) is 14.9 Å². The van der Waals surface area contributed by atoms with E-state index in [1.807, 2.05) is 42.9 Å². The lowest BCUT2D eigenvalue weighted by atomic mass is 10.2. The first kappa shape index (κ1) is 14.8. The molecule has 0 fully saturated rings. The first-order chi connectivity index (χ1) is 10.6. The number of fused-ring (bicyclic) bond motifs is 1. The second-order valence-electron chi connectivity index (χ2n) is 4.99. The summed E-state index contributed by atoms with van der Waals surface area (Å²) in [6.07, 6.45) is 3.58. The molecule has 1 aromatic heterocycles. The van der Waals surface area contributed by atoms with Gasteiger partial charge in [0.15, 0.2) is 16.7 Å². The van der Waals surface area contributed by atoms with Crippen LogP contribution in [-0.4, -0.2) is 27.5 Å². The molecule has 1 aliphatic heterocycles. The number of carbonyl (C=O) groups is 1. The lowest BCUT2D eigenvalue weighted by Crippen LogP contribution is -2.30. The third-order valence-electron chi connectivity index (χ3n) is 3.33. The van der Waals surface area contributed by atoms with E-state index in [-0.39, 0.29) is 18.0 Å². The number of nitrogens with one attached hydrogen (secondary N) is 1. The molecule has 0 saturated heterocycles. The van der Waals surface area contributed by atoms with Gasteiger partial charge in [-0.3, -0.25) is 4.79 Å². The Balaban J connectivity index is 1.54. The van der Waals surface area contributed by atoms with Crippen molar-refractivity contribution in [2.75, 3.05) is 6.79 Å². The van der Waals surface area contributed by atoms with Gasteiger partial charge in [-0.1, -0.05) is 17.8 Å². The van der Waals surface area contributed by atoms with E-state index >= 15 is 0 Å². The summed E-state index contributed by atoms with van der Waals surface area (Å²) < 4.78 is 12.5. The highest BCUT2D eigenvalue weighted by Crippen LogP contribution is 2.32. The zero-order chi connectivity index (χ0) is 15.5. The number of hydrogen-bond donors (Lipinski definition) is 1. The molecular weight excluding hydrogens is 302 g/mol. The Hall–Kier alpha value is -2.15. The molecule has 6 nitrogen and oxygen atoms in total. The molecule has 0 spiro atoms. The molecule has 1 amide bonds. The molecule has 0 bridgehead atoms. The Morgan fingerprint density at radius 1 is 1.45 bits per heavy atom. The van der Waals surface area contributed by atoms with Crippen molar-refractivity contribution < 1.29 is 14.3 Å². The smallest absolute Gasteiger partial charge is 0.233 e. The summed E-state index contributed by atoms with van der Waals surface area (Å²) in [5, 5.41) is 3.54. The quantitative estimate of drug-likeness (QED) is 0.853. The molecule has 0 radical (unpaired) electrons. The van der Waals surface area contributed by atoms with E-state index in [1.165, 1.54) is 11.8 Å². The number of imidazole rings is 1. The summed E-state index contributed by atoms with van der Waals surface area (Å²) in [6, 6.07) is 5.67. The topological polar surface area (TPSA) is 65.4 Å². The molecule has 7 heteroatoms. The first-order valence-electron chi connectivity index (χ1n) is 6.93. The van der Waals surface area contributed by atoms with E-state index < -0.39 is 0 Å². The van der Waals surface area contributed by atoms with Gasteiger partial charge in [-0.05, 0) is 24.6 Å². The van der Waals surface area contributed by atoms with Gasteiger partial charge >= 0.3 is 0 Å². The Kier molecular flexibility index (Phi) is 4.24. The van der Waals surface area contributed by atoms with Gasteiger partial charge in [0.1, 0.15) is 0 Å². The van der Waals surface area contributed by atoms with Crippen molar-refractivity contribution in [2.24, 2.45) is 7.05 Å². The Morgan fingerprint density at radius 2 is 2.27 bits per heavy atom. The van der Waals surface area contributed by atoms with Gasteiger partial charge in [0.25, 0.3) is 0 Å². The van der Waals surface area contributed by atoms with Gasteiger partial charge in [0.05, 0.1) is 5.25 Å². The molecule has 1 atom stereocenters. The third-order valence-corrected chi connectivity index (χ3v) is 4.50. The minimum atomic E-state index is -0.213. The highest BCUT2D eigenvalue weighted by molar-refractivity contribution is 8.00. The van der Waals surface area contributed by atoms with Gasteiger partial charge in [-0.2, -0.15) is 0 Å². The van der Waals surface area contributed by atoms with E-state index in [0.717, 1.165) is 22.2 Å². The summed E-state index contributed by atoms with van der Waals surface area (Å²) in [4.78, 5) is 16.4. The van der Waals surface area contributed by atoms with Crippen molar-refractivity contribution >= 4 is 17.7 Å². The summed E-state index contributed by atoms with van der Waals surface area (Å²) in [5.74, 6) is 1.45. The van der Waals surface area contributed by atoms with Gasteiger partial charge in [-0.25, -0.2) is 4.98 Å². The van der Waals surface area contributed by atoms with Gasteiger partial charge < -0.3 is 19.4 Å². The number of carbonyl (C=O) groups excluding carboxylic acids is 1. The third kappa shape index (κ3) is 3.19. The fraction of sp³-hybridized carbons (Fsp3) is 0.333. The molecule has 2 heterocycles. The van der Waals surface area contributed by atoms with Crippen LogP contribution < -0.4 is 14.8 Å². The van der Waals surface area contributed by atoms with E-state index in [9.17, 15) is 4.79 Å². The van der Waals surface area contributed by atoms with Crippen LogP contribution in [0.15, 0.2) is 35.7 Å². The lowest BCUT2D eigenvalue weighted by molar-refractivity contribution is -0.120. The molecule has 0 unspecified atom stereocenters. The van der Waals surface area contributed by atoms with Crippen LogP contribution >= 0.6 is 11.8 Å². The van der Waals surface area contributed by atoms with Crippen molar-refractivity contribution in [3.05, 3.63) is 36.2 Å². The Morgan fingerprint density at radius 3 is 3.05 bits per heavy atom. The van der Waals surface area contributed by atoms with E-state index in [4.69, 9.17) is 9.47 Å². The van der Waals surface area contributed by atoms with Crippen LogP contribution in [0.5, 0.6) is 11.5 Å². The maximum atomic E-state index is 12.2. The van der Waals surface area contributed by atoms with Gasteiger partial charge in [0.2, 0.25) is 12.7 Å². The number of hydrogen-bond acceptors (Lipinski definition) is 5. The van der Waals surface area contributed by atoms with Crippen LogP contribution in [0.2, 0.25) is 0 Å². The van der Waals surface area contributed by atoms with Crippen LogP contribution in [0.4, 0.5) is 0 Å². The maximum Gasteiger partial charge on any atom is 0.233 e. The Bertz CT molecular complexity index is 686. The summed E-state index contributed by atoms with van der Waals surface area (Å²) in [5.41, 5.74) is 0.979. The predicted molar refractivity (Wildman–Crippen MR) is 82.9 cm³/mol. The largest absolute Gasteiger partial charge is 0.454 e. The SMILES string of the molecule is C[C@H](Sc1nccn1C)C(=O)NCc1ccc2c(c1)OCO2. The van der Waals surface area contributed by atoms with Crippen LogP contribution in [0.1, 0.15) is 12.5 Å². The second-order valence-corrected chi connectivity index (χ2v) is 6.29. The molecule has 1 N–H and O–H groups in total. The van der Waals surface area contributed by atoms with Crippen LogP contribution in [0.25, 0.3) is 0 Å². The van der Waals surface area contributed by atoms with E-state index in [2.05, 4.69) is 10.3 Å². The molecular formula is C15H17N3O3S.